The fraction of sp³-hybridized carbons (Fsp3) is 0.226. The molecule has 198 valence electrons. The van der Waals surface area contributed by atoms with Crippen molar-refractivity contribution in [2.75, 3.05) is 31.0 Å². The lowest BCUT2D eigenvalue weighted by atomic mass is 9.90. The number of carbonyl (C=O) groups excluding carboxylic acids is 2. The van der Waals surface area contributed by atoms with E-state index >= 15 is 0 Å². The van der Waals surface area contributed by atoms with Crippen LogP contribution in [0.5, 0.6) is 17.2 Å². The molecule has 39 heavy (non-hydrogen) atoms. The Balaban J connectivity index is 1.21. The molecule has 6 rings (SSSR count). The Bertz CT molecular complexity index is 1520. The molecule has 1 saturated heterocycles. The molecular formula is C31H28N2O5S. The monoisotopic (exact) mass is 540 g/mol. The molecule has 1 fully saturated rings. The largest absolute Gasteiger partial charge is 0.493 e. The SMILES string of the molecule is COc1cc2c(cc1OC)-n1cccc1C(c1ccc(NC(=O)c3ccc(OC4CSC4)cc3)cc1)CC2=O. The van der Waals surface area contributed by atoms with Gasteiger partial charge in [-0.1, -0.05) is 12.1 Å². The third kappa shape index (κ3) is 4.88. The number of hydrogen-bond donors (Lipinski definition) is 1. The Labute approximate surface area is 231 Å². The molecule has 0 saturated carbocycles. The van der Waals surface area contributed by atoms with Crippen molar-refractivity contribution in [3.63, 3.8) is 0 Å². The van der Waals surface area contributed by atoms with E-state index in [0.29, 0.717) is 34.7 Å². The predicted molar refractivity (Wildman–Crippen MR) is 152 cm³/mol. The van der Waals surface area contributed by atoms with Crippen LogP contribution in [0.2, 0.25) is 0 Å². The summed E-state index contributed by atoms with van der Waals surface area (Å²) in [5, 5.41) is 2.96. The number of benzene rings is 3. The Kier molecular flexibility index (Phi) is 6.79. The number of nitrogens with one attached hydrogen (secondary N) is 1. The highest BCUT2D eigenvalue weighted by Gasteiger charge is 2.30. The molecule has 4 aromatic rings. The number of methoxy groups -OCH3 is 2. The van der Waals surface area contributed by atoms with Crippen LogP contribution in [0.3, 0.4) is 0 Å². The highest BCUT2D eigenvalue weighted by molar-refractivity contribution is 8.00. The van der Waals surface area contributed by atoms with Crippen molar-refractivity contribution in [2.45, 2.75) is 18.4 Å². The smallest absolute Gasteiger partial charge is 0.255 e. The minimum absolute atomic E-state index is 0.0283. The number of fused-ring (bicyclic) bond motifs is 3. The van der Waals surface area contributed by atoms with Gasteiger partial charge >= 0.3 is 0 Å². The quantitative estimate of drug-likeness (QED) is 0.312. The molecule has 7 nitrogen and oxygen atoms in total. The zero-order valence-corrected chi connectivity index (χ0v) is 22.5. The first-order valence-electron chi connectivity index (χ1n) is 12.8. The van der Waals surface area contributed by atoms with Crippen molar-refractivity contribution < 1.29 is 23.8 Å². The average molecular weight is 541 g/mol. The molecule has 1 atom stereocenters. The topological polar surface area (TPSA) is 78.8 Å². The maximum absolute atomic E-state index is 13.4. The normalized spacial score (nSPS) is 16.4. The van der Waals surface area contributed by atoms with Crippen LogP contribution in [0, 0.1) is 0 Å². The number of thioether (sulfide) groups is 1. The van der Waals surface area contributed by atoms with Crippen LogP contribution in [0.25, 0.3) is 5.69 Å². The number of nitrogens with zero attached hydrogens (tertiary/aromatic N) is 1. The molecule has 1 amide bonds. The number of amides is 1. The molecular weight excluding hydrogens is 512 g/mol. The van der Waals surface area contributed by atoms with E-state index in [0.717, 1.165) is 34.2 Å². The number of anilines is 1. The van der Waals surface area contributed by atoms with Crippen LogP contribution in [0.4, 0.5) is 5.69 Å². The third-order valence-electron chi connectivity index (χ3n) is 7.19. The van der Waals surface area contributed by atoms with Gasteiger partial charge in [0.25, 0.3) is 5.91 Å². The summed E-state index contributed by atoms with van der Waals surface area (Å²) in [6, 6.07) is 22.5. The highest BCUT2D eigenvalue weighted by atomic mass is 32.2. The van der Waals surface area contributed by atoms with E-state index in [2.05, 4.69) is 5.32 Å². The summed E-state index contributed by atoms with van der Waals surface area (Å²) in [6.45, 7) is 0. The third-order valence-corrected chi connectivity index (χ3v) is 8.40. The number of hydrogen-bond acceptors (Lipinski definition) is 6. The number of carbonyl (C=O) groups is 2. The fourth-order valence-corrected chi connectivity index (χ4v) is 5.60. The average Bonchev–Trinajstić information content (AvgIpc) is 3.39. The number of ether oxygens (including phenoxy) is 3. The molecule has 3 aromatic carbocycles. The molecule has 0 aliphatic carbocycles. The van der Waals surface area contributed by atoms with Gasteiger partial charge in [-0.3, -0.25) is 9.59 Å². The van der Waals surface area contributed by atoms with Crippen molar-refractivity contribution in [1.29, 1.82) is 0 Å². The van der Waals surface area contributed by atoms with E-state index in [1.54, 1.807) is 32.4 Å². The van der Waals surface area contributed by atoms with Gasteiger partial charge in [0.15, 0.2) is 17.3 Å². The van der Waals surface area contributed by atoms with Gasteiger partial charge in [0, 0.05) is 58.6 Å². The minimum Gasteiger partial charge on any atom is -0.493 e. The molecule has 2 aliphatic rings. The Morgan fingerprint density at radius 1 is 0.949 bits per heavy atom. The van der Waals surface area contributed by atoms with Crippen molar-refractivity contribution in [3.05, 3.63) is 101 Å². The number of rotatable bonds is 7. The second-order valence-electron chi connectivity index (χ2n) is 9.59. The molecule has 1 aromatic heterocycles. The van der Waals surface area contributed by atoms with E-state index in [9.17, 15) is 9.59 Å². The first-order chi connectivity index (χ1) is 19.0. The van der Waals surface area contributed by atoms with E-state index < -0.39 is 0 Å². The maximum atomic E-state index is 13.4. The zero-order chi connectivity index (χ0) is 26.9. The summed E-state index contributed by atoms with van der Waals surface area (Å²) in [7, 11) is 3.15. The van der Waals surface area contributed by atoms with Crippen LogP contribution >= 0.6 is 11.8 Å². The van der Waals surface area contributed by atoms with E-state index in [4.69, 9.17) is 14.2 Å². The second kappa shape index (κ2) is 10.5. The van der Waals surface area contributed by atoms with Crippen LogP contribution in [0.15, 0.2) is 79.0 Å². The van der Waals surface area contributed by atoms with Gasteiger partial charge < -0.3 is 24.1 Å². The van der Waals surface area contributed by atoms with Crippen molar-refractivity contribution in [2.24, 2.45) is 0 Å². The molecule has 1 N–H and O–H groups in total. The Morgan fingerprint density at radius 2 is 1.67 bits per heavy atom. The molecule has 3 heterocycles. The first-order valence-corrected chi connectivity index (χ1v) is 13.9. The molecule has 1 unspecified atom stereocenters. The van der Waals surface area contributed by atoms with Gasteiger partial charge in [-0.2, -0.15) is 11.8 Å². The number of Topliss-reactive ketones (excluding diaryl/α,β-unsaturated/α-hetero) is 1. The first kappa shape index (κ1) is 25.1. The minimum atomic E-state index is -0.189. The van der Waals surface area contributed by atoms with Gasteiger partial charge in [0.2, 0.25) is 0 Å². The lowest BCUT2D eigenvalue weighted by molar-refractivity contribution is 0.0977. The summed E-state index contributed by atoms with van der Waals surface area (Å²) in [5.74, 6) is 3.58. The van der Waals surface area contributed by atoms with Gasteiger partial charge in [-0.25, -0.2) is 0 Å². The molecule has 8 heteroatoms. The van der Waals surface area contributed by atoms with Crippen LogP contribution in [-0.2, 0) is 0 Å². The molecule has 0 radical (unpaired) electrons. The standard InChI is InChI=1S/C31H28N2O5S/c1-36-29-15-25-27(16-30(29)37-2)33-13-3-4-26(33)24(14-28(25)34)19-5-9-21(10-6-19)32-31(35)20-7-11-22(12-8-20)38-23-17-39-18-23/h3-13,15-16,23-24H,14,17-18H2,1-2H3,(H,32,35). The van der Waals surface area contributed by atoms with Crippen LogP contribution in [-0.4, -0.2) is 48.1 Å². The summed E-state index contributed by atoms with van der Waals surface area (Å²) >= 11 is 1.87. The molecule has 0 spiro atoms. The summed E-state index contributed by atoms with van der Waals surface area (Å²) in [6.07, 6.45) is 2.54. The van der Waals surface area contributed by atoms with E-state index in [-0.39, 0.29) is 23.7 Å². The van der Waals surface area contributed by atoms with E-state index in [1.165, 1.54) is 0 Å². The van der Waals surface area contributed by atoms with Gasteiger partial charge in [0.05, 0.1) is 19.9 Å². The number of aromatic nitrogens is 1. The molecule has 0 bridgehead atoms. The van der Waals surface area contributed by atoms with Crippen molar-refractivity contribution >= 4 is 29.1 Å². The molecule has 2 aliphatic heterocycles. The highest BCUT2D eigenvalue weighted by Crippen LogP contribution is 2.40. The van der Waals surface area contributed by atoms with Crippen molar-refractivity contribution in [1.82, 2.24) is 4.57 Å². The van der Waals surface area contributed by atoms with Gasteiger partial charge in [-0.15, -0.1) is 0 Å². The zero-order valence-electron chi connectivity index (χ0n) is 21.7. The summed E-state index contributed by atoms with van der Waals surface area (Å²) < 4.78 is 18.8. The van der Waals surface area contributed by atoms with Gasteiger partial charge in [-0.05, 0) is 60.2 Å². The second-order valence-corrected chi connectivity index (χ2v) is 10.7. The number of ketones is 1. The summed E-state index contributed by atoms with van der Waals surface area (Å²) in [5.41, 5.74) is 4.61. The van der Waals surface area contributed by atoms with Crippen LogP contribution in [0.1, 0.15) is 44.3 Å². The van der Waals surface area contributed by atoms with Crippen LogP contribution < -0.4 is 19.5 Å². The Morgan fingerprint density at radius 3 is 2.33 bits per heavy atom. The van der Waals surface area contributed by atoms with E-state index in [1.807, 2.05) is 77.1 Å². The predicted octanol–water partition coefficient (Wildman–Crippen LogP) is 5.96. The maximum Gasteiger partial charge on any atom is 0.255 e. The lowest BCUT2D eigenvalue weighted by Crippen LogP contribution is -2.31. The lowest BCUT2D eigenvalue weighted by Gasteiger charge is -2.25. The Hall–Kier alpha value is -4.17. The fourth-order valence-electron chi connectivity index (χ4n) is 5.04. The van der Waals surface area contributed by atoms with Gasteiger partial charge in [0.1, 0.15) is 11.9 Å². The summed E-state index contributed by atoms with van der Waals surface area (Å²) in [4.78, 5) is 26.2. The van der Waals surface area contributed by atoms with Crippen molar-refractivity contribution in [3.8, 4) is 22.9 Å².